The predicted molar refractivity (Wildman–Crippen MR) is 209 cm³/mol. The van der Waals surface area contributed by atoms with Crippen molar-refractivity contribution in [2.75, 3.05) is 11.9 Å². The molecule has 2 aliphatic heterocycles. The molecule has 0 spiro atoms. The summed E-state index contributed by atoms with van der Waals surface area (Å²) in [5, 5.41) is 18.7. The zero-order valence-electron chi connectivity index (χ0n) is 32.4. The summed E-state index contributed by atoms with van der Waals surface area (Å²) in [6.07, 6.45) is 8.30. The molecule has 6 N–H and O–H groups in total. The number of nitrogens with zero attached hydrogens (tertiary/aromatic N) is 4. The number of benzene rings is 2. The molecule has 2 fully saturated rings. The van der Waals surface area contributed by atoms with Crippen molar-refractivity contribution in [3.8, 4) is 6.07 Å². The number of nitrogens with two attached hydrogens (primary N) is 1. The van der Waals surface area contributed by atoms with Gasteiger partial charge in [-0.1, -0.05) is 57.6 Å². The van der Waals surface area contributed by atoms with E-state index in [1.54, 1.807) is 31.2 Å². The Labute approximate surface area is 330 Å². The Morgan fingerprint density at radius 3 is 2.35 bits per heavy atom. The van der Waals surface area contributed by atoms with Gasteiger partial charge in [0.1, 0.15) is 11.9 Å². The van der Waals surface area contributed by atoms with Gasteiger partial charge in [-0.05, 0) is 68.1 Å². The molecule has 5 amide bonds. The van der Waals surface area contributed by atoms with E-state index in [0.717, 1.165) is 23.7 Å². The molecule has 0 bridgehead atoms. The lowest BCUT2D eigenvalue weighted by Gasteiger charge is -2.29. The number of rotatable bonds is 10. The number of imide groups is 1. The van der Waals surface area contributed by atoms with Gasteiger partial charge in [0.25, 0.3) is 5.91 Å². The zero-order valence-corrected chi connectivity index (χ0v) is 32.4. The second-order valence-electron chi connectivity index (χ2n) is 13.5. The fourth-order valence-corrected chi connectivity index (χ4v) is 6.27. The Balaban J connectivity index is 0.000000323. The molecule has 2 aromatic rings. The van der Waals surface area contributed by atoms with Crippen LogP contribution >= 0.6 is 0 Å². The summed E-state index contributed by atoms with van der Waals surface area (Å²) in [5.74, 6) is -0.586. The maximum atomic E-state index is 12.8. The summed E-state index contributed by atoms with van der Waals surface area (Å²) in [7, 11) is 0. The van der Waals surface area contributed by atoms with Crippen molar-refractivity contribution < 1.29 is 37.1 Å². The van der Waals surface area contributed by atoms with Crippen LogP contribution in [-0.4, -0.2) is 59.3 Å². The first-order chi connectivity index (χ1) is 27.2. The Morgan fingerprint density at radius 2 is 1.75 bits per heavy atom. The molecular formula is C40H50F3N9O5. The molecule has 1 unspecified atom stereocenters. The summed E-state index contributed by atoms with van der Waals surface area (Å²) >= 11 is 0. The number of halogens is 3. The average molecular weight is 794 g/mol. The zero-order chi connectivity index (χ0) is 42.0. The van der Waals surface area contributed by atoms with E-state index >= 15 is 0 Å². The lowest BCUT2D eigenvalue weighted by Crippen LogP contribution is -2.52. The van der Waals surface area contributed by atoms with Gasteiger partial charge >= 0.3 is 6.18 Å². The quantitative estimate of drug-likeness (QED) is 0.0886. The van der Waals surface area contributed by atoms with Gasteiger partial charge in [-0.15, -0.1) is 0 Å². The SMILES string of the molecule is C1CCCCC1.CC/C=C(\C)NC(N)=NC(C)=NCCC(=O)Nc1ccc2c(c1)CN(C1CCC(=O)NC1=O)C2=O.N#Cc1ccc(CNC=O)c(C(F)(F)F)c1. The van der Waals surface area contributed by atoms with Crippen molar-refractivity contribution >= 4 is 47.5 Å². The van der Waals surface area contributed by atoms with Crippen molar-refractivity contribution in [2.24, 2.45) is 15.7 Å². The molecule has 57 heavy (non-hydrogen) atoms. The topological polar surface area (TPSA) is 211 Å². The number of nitrogens with one attached hydrogen (secondary N) is 4. The molecular weight excluding hydrogens is 743 g/mol. The Hall–Kier alpha value is -6.05. The maximum Gasteiger partial charge on any atom is 0.416 e. The molecule has 17 heteroatoms. The van der Waals surface area contributed by atoms with Gasteiger partial charge < -0.3 is 26.6 Å². The van der Waals surface area contributed by atoms with Crippen LogP contribution in [0.25, 0.3) is 0 Å². The van der Waals surface area contributed by atoms with E-state index < -0.39 is 23.7 Å². The Morgan fingerprint density at radius 1 is 1.07 bits per heavy atom. The standard InChI is InChI=1S/C24H31N7O4.C10H7F3N2O.C6H12/c1-4-5-14(2)27-24(25)28-15(3)26-11-10-21(33)29-17-6-7-18-16(12-17)13-31(23(18)35)19-8-9-20(32)30-22(19)34;11-10(12,13)9-3-7(4-14)1-2-8(9)5-15-6-16;1-2-4-6-5-3-1/h5-7,12,19H,4,8-11,13H2,1-3H3,(H,29,33)(H,30,32,34)(H3,25,26,27,28);1-3,6H,5H2,(H,15,16);1-6H2/b14-5+;;. The van der Waals surface area contributed by atoms with Crippen LogP contribution in [0.3, 0.4) is 0 Å². The molecule has 2 heterocycles. The van der Waals surface area contributed by atoms with Gasteiger partial charge in [0.15, 0.2) is 5.96 Å². The number of nitriles is 1. The minimum absolute atomic E-state index is 0.0674. The van der Waals surface area contributed by atoms with Gasteiger partial charge in [-0.3, -0.25) is 34.3 Å². The van der Waals surface area contributed by atoms with Crippen molar-refractivity contribution in [3.05, 3.63) is 76.0 Å². The minimum Gasteiger partial charge on any atom is -0.369 e. The van der Waals surface area contributed by atoms with E-state index in [0.29, 0.717) is 29.9 Å². The third-order valence-corrected chi connectivity index (χ3v) is 9.02. The summed E-state index contributed by atoms with van der Waals surface area (Å²) < 4.78 is 37.7. The van der Waals surface area contributed by atoms with Crippen molar-refractivity contribution in [1.82, 2.24) is 20.9 Å². The number of amides is 5. The highest BCUT2D eigenvalue weighted by atomic mass is 19.4. The monoisotopic (exact) mass is 793 g/mol. The predicted octanol–water partition coefficient (Wildman–Crippen LogP) is 5.58. The molecule has 1 saturated carbocycles. The number of amidine groups is 1. The van der Waals surface area contributed by atoms with Crippen molar-refractivity contribution in [3.63, 3.8) is 0 Å². The Kier molecular flexibility index (Phi) is 17.9. The molecule has 1 aliphatic carbocycles. The number of anilines is 1. The number of alkyl halides is 3. The molecule has 0 radical (unpaired) electrons. The number of carbonyl (C=O) groups excluding carboxylic acids is 5. The third-order valence-electron chi connectivity index (χ3n) is 9.02. The Bertz CT molecular complexity index is 1890. The second-order valence-corrected chi connectivity index (χ2v) is 13.5. The number of hydrogen-bond donors (Lipinski definition) is 5. The van der Waals surface area contributed by atoms with Crippen LogP contribution in [0.2, 0.25) is 0 Å². The van der Waals surface area contributed by atoms with Crippen molar-refractivity contribution in [2.45, 2.75) is 110 Å². The number of aliphatic imine (C=N–C) groups is 2. The third kappa shape index (κ3) is 14.8. The van der Waals surface area contributed by atoms with Crippen molar-refractivity contribution in [1.29, 1.82) is 5.26 Å². The molecule has 5 rings (SSSR count). The number of hydrogen-bond acceptors (Lipinski definition) is 7. The normalized spacial score (nSPS) is 17.1. The highest BCUT2D eigenvalue weighted by Gasteiger charge is 2.39. The van der Waals surface area contributed by atoms with E-state index in [-0.39, 0.29) is 67.3 Å². The summed E-state index contributed by atoms with van der Waals surface area (Å²) in [6, 6.07) is 9.20. The van der Waals surface area contributed by atoms with Crippen LogP contribution in [0.5, 0.6) is 0 Å². The lowest BCUT2D eigenvalue weighted by atomic mass is 10.0. The molecule has 1 saturated heterocycles. The molecule has 1 atom stereocenters. The molecule has 14 nitrogen and oxygen atoms in total. The summed E-state index contributed by atoms with van der Waals surface area (Å²) in [4.78, 5) is 68.6. The average Bonchev–Trinajstić information content (AvgIpc) is 3.49. The van der Waals surface area contributed by atoms with Gasteiger partial charge in [0.05, 0.1) is 17.2 Å². The number of guanidine groups is 1. The number of fused-ring (bicyclic) bond motifs is 1. The fourth-order valence-electron chi connectivity index (χ4n) is 6.27. The maximum absolute atomic E-state index is 12.8. The second kappa shape index (κ2) is 22.5. The first-order valence-corrected chi connectivity index (χ1v) is 18.8. The van der Waals surface area contributed by atoms with Gasteiger partial charge in [0, 0.05) is 49.4 Å². The van der Waals surface area contributed by atoms with Crippen LogP contribution < -0.4 is 27.0 Å². The van der Waals surface area contributed by atoms with Crippen LogP contribution in [0.1, 0.15) is 118 Å². The number of carbonyl (C=O) groups is 5. The first kappa shape index (κ1) is 45.3. The van der Waals surface area contributed by atoms with Gasteiger partial charge in [-0.25, -0.2) is 4.99 Å². The van der Waals surface area contributed by atoms with Crippen LogP contribution in [0.4, 0.5) is 18.9 Å². The lowest BCUT2D eigenvalue weighted by molar-refractivity contribution is -0.139. The first-order valence-electron chi connectivity index (χ1n) is 18.8. The van der Waals surface area contributed by atoms with E-state index in [1.165, 1.54) is 55.6 Å². The smallest absolute Gasteiger partial charge is 0.369 e. The van der Waals surface area contributed by atoms with Gasteiger partial charge in [-0.2, -0.15) is 18.4 Å². The molecule has 2 aromatic carbocycles. The summed E-state index contributed by atoms with van der Waals surface area (Å²) in [5.41, 5.74) is 7.46. The number of allylic oxidation sites excluding steroid dienone is 2. The van der Waals surface area contributed by atoms with Crippen LogP contribution in [0, 0.1) is 11.3 Å². The highest BCUT2D eigenvalue weighted by molar-refractivity contribution is 6.05. The van der Waals surface area contributed by atoms with E-state index in [4.69, 9.17) is 11.0 Å². The fraction of sp³-hybridized carbons (Fsp3) is 0.450. The minimum atomic E-state index is -4.53. The van der Waals surface area contributed by atoms with Crippen LogP contribution in [0.15, 0.2) is 58.2 Å². The molecule has 0 aromatic heterocycles. The number of piperidine rings is 1. The van der Waals surface area contributed by atoms with E-state index in [9.17, 15) is 37.1 Å². The molecule has 306 valence electrons. The molecule has 3 aliphatic rings. The largest absolute Gasteiger partial charge is 0.416 e. The highest BCUT2D eigenvalue weighted by Crippen LogP contribution is 2.33. The van der Waals surface area contributed by atoms with E-state index in [2.05, 4.69) is 31.3 Å². The van der Waals surface area contributed by atoms with E-state index in [1.807, 2.05) is 19.9 Å². The van der Waals surface area contributed by atoms with Gasteiger partial charge in [0.2, 0.25) is 24.1 Å². The summed E-state index contributed by atoms with van der Waals surface area (Å²) in [6.45, 7) is 5.89. The van der Waals surface area contributed by atoms with Crippen LogP contribution in [-0.2, 0) is 38.4 Å².